The van der Waals surface area contributed by atoms with Gasteiger partial charge in [0, 0.05) is 5.69 Å². The van der Waals surface area contributed by atoms with Crippen molar-refractivity contribution in [2.75, 3.05) is 5.32 Å². The van der Waals surface area contributed by atoms with Gasteiger partial charge in [0.05, 0.1) is 12.2 Å². The summed E-state index contributed by atoms with van der Waals surface area (Å²) in [6.07, 6.45) is 0.973. The largest absolute Gasteiger partial charge is 0.321 e. The molecule has 0 atom stereocenters. The normalized spacial score (nSPS) is 10.6. The second kappa shape index (κ2) is 7.08. The minimum Gasteiger partial charge on any atom is -0.321 e. The van der Waals surface area contributed by atoms with Gasteiger partial charge >= 0.3 is 0 Å². The third-order valence-electron chi connectivity index (χ3n) is 3.99. The van der Waals surface area contributed by atoms with E-state index in [9.17, 15) is 4.79 Å². The number of hydrogen-bond acceptors (Lipinski definition) is 3. The number of aromatic nitrogens is 3. The molecule has 0 unspecified atom stereocenters. The zero-order chi connectivity index (χ0) is 16.9. The Kier molecular flexibility index (Phi) is 4.70. The topological polar surface area (TPSA) is 59.8 Å². The van der Waals surface area contributed by atoms with Crippen molar-refractivity contribution in [3.63, 3.8) is 0 Å². The summed E-state index contributed by atoms with van der Waals surface area (Å²) in [5.41, 5.74) is 4.21. The highest BCUT2D eigenvalue weighted by molar-refractivity contribution is 6.03. The predicted octanol–water partition coefficient (Wildman–Crippen LogP) is 3.45. The molecule has 5 heteroatoms. The van der Waals surface area contributed by atoms with Gasteiger partial charge in [0.15, 0.2) is 5.69 Å². The van der Waals surface area contributed by atoms with Crippen LogP contribution in [0.2, 0.25) is 0 Å². The van der Waals surface area contributed by atoms with Crippen molar-refractivity contribution < 1.29 is 4.79 Å². The van der Waals surface area contributed by atoms with Crippen LogP contribution in [-0.2, 0) is 13.0 Å². The molecule has 0 aliphatic heterocycles. The number of carbonyl (C=O) groups is 1. The first kappa shape index (κ1) is 15.9. The maximum atomic E-state index is 12.4. The fourth-order valence-electron chi connectivity index (χ4n) is 2.49. The Morgan fingerprint density at radius 3 is 2.42 bits per heavy atom. The molecular weight excluding hydrogens is 300 g/mol. The van der Waals surface area contributed by atoms with Crippen LogP contribution in [0.25, 0.3) is 0 Å². The summed E-state index contributed by atoms with van der Waals surface area (Å²) in [6, 6.07) is 17.8. The Labute approximate surface area is 141 Å². The highest BCUT2D eigenvalue weighted by Crippen LogP contribution is 2.13. The molecule has 122 valence electrons. The van der Waals surface area contributed by atoms with Gasteiger partial charge in [-0.15, -0.1) is 5.10 Å². The highest BCUT2D eigenvalue weighted by Gasteiger charge is 2.16. The zero-order valence-corrected chi connectivity index (χ0v) is 13.9. The van der Waals surface area contributed by atoms with E-state index in [-0.39, 0.29) is 5.91 Å². The Bertz CT molecular complexity index is 822. The summed E-state index contributed by atoms with van der Waals surface area (Å²) in [5.74, 6) is -0.240. The van der Waals surface area contributed by atoms with Crippen molar-refractivity contribution in [1.29, 1.82) is 0 Å². The molecule has 1 N–H and O–H groups in total. The fourth-order valence-corrected chi connectivity index (χ4v) is 2.49. The smallest absolute Gasteiger partial charge is 0.278 e. The standard InChI is InChI=1S/C19H20N4O/c1-3-15-9-11-17(12-10-15)20-19(24)18-14(2)23(22-21-18)13-16-7-5-4-6-8-16/h4-12H,3,13H2,1-2H3,(H,20,24). The number of hydrogen-bond donors (Lipinski definition) is 1. The third kappa shape index (κ3) is 3.51. The molecule has 3 aromatic rings. The van der Waals surface area contributed by atoms with Crippen LogP contribution in [0.15, 0.2) is 54.6 Å². The van der Waals surface area contributed by atoms with E-state index in [0.29, 0.717) is 12.2 Å². The second-order valence-electron chi connectivity index (χ2n) is 5.67. The molecule has 0 radical (unpaired) electrons. The number of amides is 1. The number of aryl methyl sites for hydroxylation is 1. The molecule has 0 saturated carbocycles. The Morgan fingerprint density at radius 1 is 1.04 bits per heavy atom. The summed E-state index contributed by atoms with van der Waals surface area (Å²) < 4.78 is 1.74. The lowest BCUT2D eigenvalue weighted by atomic mass is 10.1. The summed E-state index contributed by atoms with van der Waals surface area (Å²) in [4.78, 5) is 12.4. The van der Waals surface area contributed by atoms with Crippen LogP contribution < -0.4 is 5.32 Å². The molecule has 0 spiro atoms. The van der Waals surface area contributed by atoms with Gasteiger partial charge in [-0.1, -0.05) is 54.6 Å². The van der Waals surface area contributed by atoms with Gasteiger partial charge in [0.25, 0.3) is 5.91 Å². The maximum Gasteiger partial charge on any atom is 0.278 e. The highest BCUT2D eigenvalue weighted by atomic mass is 16.2. The predicted molar refractivity (Wildman–Crippen MR) is 94.1 cm³/mol. The number of carbonyl (C=O) groups excluding carboxylic acids is 1. The minimum atomic E-state index is -0.240. The molecule has 0 fully saturated rings. The van der Waals surface area contributed by atoms with Gasteiger partial charge in [-0.05, 0) is 36.6 Å². The molecule has 5 nitrogen and oxygen atoms in total. The Morgan fingerprint density at radius 2 is 1.75 bits per heavy atom. The first-order valence-electron chi connectivity index (χ1n) is 8.01. The Balaban J connectivity index is 1.73. The molecule has 0 aliphatic rings. The number of anilines is 1. The van der Waals surface area contributed by atoms with Gasteiger partial charge in [-0.3, -0.25) is 4.79 Å². The molecule has 0 saturated heterocycles. The number of nitrogens with one attached hydrogen (secondary N) is 1. The quantitative estimate of drug-likeness (QED) is 0.783. The summed E-state index contributed by atoms with van der Waals surface area (Å²) >= 11 is 0. The molecule has 24 heavy (non-hydrogen) atoms. The van der Waals surface area contributed by atoms with Crippen LogP contribution in [0.1, 0.15) is 34.2 Å². The molecule has 1 amide bonds. The van der Waals surface area contributed by atoms with E-state index >= 15 is 0 Å². The van der Waals surface area contributed by atoms with E-state index < -0.39 is 0 Å². The van der Waals surface area contributed by atoms with Crippen molar-refractivity contribution in [2.24, 2.45) is 0 Å². The van der Waals surface area contributed by atoms with Crippen molar-refractivity contribution in [1.82, 2.24) is 15.0 Å². The first-order valence-corrected chi connectivity index (χ1v) is 8.01. The molecule has 2 aromatic carbocycles. The van der Waals surface area contributed by atoms with E-state index in [4.69, 9.17) is 0 Å². The monoisotopic (exact) mass is 320 g/mol. The lowest BCUT2D eigenvalue weighted by Crippen LogP contribution is -2.14. The molecule has 1 heterocycles. The van der Waals surface area contributed by atoms with Crippen LogP contribution in [-0.4, -0.2) is 20.9 Å². The number of nitrogens with zero attached hydrogens (tertiary/aromatic N) is 3. The molecule has 0 bridgehead atoms. The van der Waals surface area contributed by atoms with Crippen molar-refractivity contribution in [3.05, 3.63) is 77.1 Å². The van der Waals surface area contributed by atoms with Crippen LogP contribution in [0.3, 0.4) is 0 Å². The maximum absolute atomic E-state index is 12.4. The fraction of sp³-hybridized carbons (Fsp3) is 0.211. The van der Waals surface area contributed by atoms with E-state index in [2.05, 4.69) is 22.6 Å². The summed E-state index contributed by atoms with van der Waals surface area (Å²) in [7, 11) is 0. The van der Waals surface area contributed by atoms with Crippen LogP contribution in [0, 0.1) is 6.92 Å². The SMILES string of the molecule is CCc1ccc(NC(=O)c2nnn(Cc3ccccc3)c2C)cc1. The second-order valence-corrected chi connectivity index (χ2v) is 5.67. The lowest BCUT2D eigenvalue weighted by molar-refractivity contribution is 0.102. The van der Waals surface area contributed by atoms with Crippen molar-refractivity contribution in [2.45, 2.75) is 26.8 Å². The minimum absolute atomic E-state index is 0.240. The number of benzene rings is 2. The average molecular weight is 320 g/mol. The van der Waals surface area contributed by atoms with Gasteiger partial charge < -0.3 is 5.32 Å². The molecule has 1 aromatic heterocycles. The van der Waals surface area contributed by atoms with Crippen LogP contribution in [0.4, 0.5) is 5.69 Å². The molecular formula is C19H20N4O. The van der Waals surface area contributed by atoms with E-state index in [0.717, 1.165) is 23.4 Å². The first-order chi connectivity index (χ1) is 11.7. The van der Waals surface area contributed by atoms with Gasteiger partial charge in [-0.25, -0.2) is 4.68 Å². The van der Waals surface area contributed by atoms with Crippen LogP contribution >= 0.6 is 0 Å². The van der Waals surface area contributed by atoms with E-state index in [1.165, 1.54) is 5.56 Å². The average Bonchev–Trinajstić information content (AvgIpc) is 2.97. The van der Waals surface area contributed by atoms with Gasteiger partial charge in [-0.2, -0.15) is 0 Å². The van der Waals surface area contributed by atoms with Crippen molar-refractivity contribution >= 4 is 11.6 Å². The third-order valence-corrected chi connectivity index (χ3v) is 3.99. The van der Waals surface area contributed by atoms with E-state index in [1.807, 2.05) is 61.5 Å². The molecule has 0 aliphatic carbocycles. The number of rotatable bonds is 5. The summed E-state index contributed by atoms with van der Waals surface area (Å²) in [5, 5.41) is 11.0. The lowest BCUT2D eigenvalue weighted by Gasteiger charge is -2.06. The summed E-state index contributed by atoms with van der Waals surface area (Å²) in [6.45, 7) is 4.55. The molecule has 3 rings (SSSR count). The van der Waals surface area contributed by atoms with Gasteiger partial charge in [0.2, 0.25) is 0 Å². The van der Waals surface area contributed by atoms with Crippen LogP contribution in [0.5, 0.6) is 0 Å². The van der Waals surface area contributed by atoms with E-state index in [1.54, 1.807) is 4.68 Å². The van der Waals surface area contributed by atoms with Gasteiger partial charge in [0.1, 0.15) is 0 Å². The zero-order valence-electron chi connectivity index (χ0n) is 13.9. The Hall–Kier alpha value is -2.95. The van der Waals surface area contributed by atoms with Crippen molar-refractivity contribution in [3.8, 4) is 0 Å².